The molecule has 0 spiro atoms. The molecule has 5 aliphatic heterocycles. The van der Waals surface area contributed by atoms with Crippen LogP contribution in [0, 0.1) is 23.7 Å². The highest BCUT2D eigenvalue weighted by molar-refractivity contribution is 5.80. The van der Waals surface area contributed by atoms with E-state index in [0.717, 1.165) is 84.5 Å². The molecular formula is C26H43N5O3. The number of carbonyl (C=O) groups is 3. The molecule has 0 aromatic carbocycles. The fourth-order valence-electron chi connectivity index (χ4n) is 7.21. The van der Waals surface area contributed by atoms with Crippen LogP contribution in [0.2, 0.25) is 0 Å². The van der Waals surface area contributed by atoms with Gasteiger partial charge in [0.1, 0.15) is 0 Å². The second-order valence-corrected chi connectivity index (χ2v) is 11.8. The summed E-state index contributed by atoms with van der Waals surface area (Å²) in [6.07, 6.45) is 5.48. The van der Waals surface area contributed by atoms with Gasteiger partial charge in [-0.05, 0) is 49.9 Å². The van der Waals surface area contributed by atoms with Crippen molar-refractivity contribution in [1.82, 2.24) is 24.5 Å². The van der Waals surface area contributed by atoms with Crippen molar-refractivity contribution in [3.05, 3.63) is 0 Å². The standard InChI is InChI=1S/C26H43N5O3/c1-19(2)15-27-10-12-28(13-11-27)25(33)21-6-8-29(9-7-21)26(34)30-16-20-14-22(18-30)23-4-3-5-24(32)31(23)17-20/h19-23H,3-18H2,1-2H3/t20?,22?,23-/m1/s1. The SMILES string of the molecule is CC(C)CN1CCN(C(=O)C2CCN(C(=O)N3CC4CC(C3)[C@H]3CCCC(=O)N3C4)CC2)CC1. The zero-order valence-corrected chi connectivity index (χ0v) is 21.2. The van der Waals surface area contributed by atoms with Gasteiger partial charge in [-0.2, -0.15) is 0 Å². The minimum Gasteiger partial charge on any atom is -0.340 e. The highest BCUT2D eigenvalue weighted by Gasteiger charge is 2.45. The minimum absolute atomic E-state index is 0.0586. The highest BCUT2D eigenvalue weighted by Crippen LogP contribution is 2.38. The number of carbonyl (C=O) groups excluding carboxylic acids is 3. The first kappa shape index (κ1) is 23.9. The number of hydrogen-bond donors (Lipinski definition) is 0. The third-order valence-electron chi connectivity index (χ3n) is 8.87. The summed E-state index contributed by atoms with van der Waals surface area (Å²) in [6, 6.07) is 0.482. The molecule has 0 N–H and O–H groups in total. The van der Waals surface area contributed by atoms with Gasteiger partial charge in [-0.15, -0.1) is 0 Å². The molecule has 0 aromatic rings. The smallest absolute Gasteiger partial charge is 0.320 e. The number of piperazine rings is 1. The quantitative estimate of drug-likeness (QED) is 0.629. The molecule has 2 unspecified atom stereocenters. The predicted molar refractivity (Wildman–Crippen MR) is 130 cm³/mol. The van der Waals surface area contributed by atoms with Gasteiger partial charge in [0.2, 0.25) is 11.8 Å². The number of rotatable bonds is 3. The second kappa shape index (κ2) is 10.0. The Morgan fingerprint density at radius 3 is 2.32 bits per heavy atom. The lowest BCUT2D eigenvalue weighted by molar-refractivity contribution is -0.144. The van der Waals surface area contributed by atoms with Crippen LogP contribution in [-0.2, 0) is 9.59 Å². The van der Waals surface area contributed by atoms with Crippen molar-refractivity contribution >= 4 is 17.8 Å². The monoisotopic (exact) mass is 473 g/mol. The summed E-state index contributed by atoms with van der Waals surface area (Å²) in [5.74, 6) is 2.17. The molecule has 0 saturated carbocycles. The van der Waals surface area contributed by atoms with E-state index in [1.807, 2.05) is 4.90 Å². The van der Waals surface area contributed by atoms with Gasteiger partial charge in [0, 0.05) is 83.8 Å². The van der Waals surface area contributed by atoms with Crippen LogP contribution in [0.1, 0.15) is 52.4 Å². The van der Waals surface area contributed by atoms with Gasteiger partial charge in [-0.3, -0.25) is 14.5 Å². The molecule has 8 heteroatoms. The number of nitrogens with zero attached hydrogens (tertiary/aromatic N) is 5. The van der Waals surface area contributed by atoms with Crippen molar-refractivity contribution in [3.63, 3.8) is 0 Å². The Morgan fingerprint density at radius 2 is 1.62 bits per heavy atom. The van der Waals surface area contributed by atoms with E-state index in [1.165, 1.54) is 0 Å². The van der Waals surface area contributed by atoms with Crippen LogP contribution in [0.4, 0.5) is 4.79 Å². The Hall–Kier alpha value is -1.83. The predicted octanol–water partition coefficient (Wildman–Crippen LogP) is 1.95. The van der Waals surface area contributed by atoms with Gasteiger partial charge in [-0.25, -0.2) is 4.79 Å². The van der Waals surface area contributed by atoms with E-state index in [0.29, 0.717) is 55.1 Å². The maximum Gasteiger partial charge on any atom is 0.320 e. The van der Waals surface area contributed by atoms with Crippen LogP contribution in [0.25, 0.3) is 0 Å². The molecule has 5 heterocycles. The Kier molecular flexibility index (Phi) is 7.05. The van der Waals surface area contributed by atoms with E-state index < -0.39 is 0 Å². The second-order valence-electron chi connectivity index (χ2n) is 11.8. The van der Waals surface area contributed by atoms with Crippen molar-refractivity contribution in [2.24, 2.45) is 23.7 Å². The molecule has 5 rings (SSSR count). The van der Waals surface area contributed by atoms with Crippen molar-refractivity contribution < 1.29 is 14.4 Å². The highest BCUT2D eigenvalue weighted by atomic mass is 16.2. The number of fused-ring (bicyclic) bond motifs is 4. The summed E-state index contributed by atoms with van der Waals surface area (Å²) in [4.78, 5) is 49.6. The number of likely N-dealkylation sites (tertiary alicyclic amines) is 2. The topological polar surface area (TPSA) is 67.4 Å². The lowest BCUT2D eigenvalue weighted by atomic mass is 9.76. The Balaban J connectivity index is 1.10. The number of amides is 4. The molecule has 0 aliphatic carbocycles. The van der Waals surface area contributed by atoms with Crippen LogP contribution in [0.15, 0.2) is 0 Å². The molecule has 190 valence electrons. The summed E-state index contributed by atoms with van der Waals surface area (Å²) in [5.41, 5.74) is 0. The average molecular weight is 474 g/mol. The molecule has 4 amide bonds. The summed E-state index contributed by atoms with van der Waals surface area (Å²) in [6.45, 7) is 13.0. The molecule has 0 aromatic heterocycles. The van der Waals surface area contributed by atoms with Crippen LogP contribution in [0.5, 0.6) is 0 Å². The summed E-state index contributed by atoms with van der Waals surface area (Å²) in [7, 11) is 0. The first-order valence-corrected chi connectivity index (χ1v) is 13.7. The Morgan fingerprint density at radius 1 is 0.882 bits per heavy atom. The van der Waals surface area contributed by atoms with E-state index >= 15 is 0 Å². The zero-order chi connectivity index (χ0) is 23.8. The third-order valence-corrected chi connectivity index (χ3v) is 8.87. The van der Waals surface area contributed by atoms with Crippen LogP contribution in [-0.4, -0.2) is 114 Å². The Bertz CT molecular complexity index is 772. The minimum atomic E-state index is 0.0586. The average Bonchev–Trinajstić information content (AvgIpc) is 2.84. The molecule has 0 radical (unpaired) electrons. The van der Waals surface area contributed by atoms with Crippen molar-refractivity contribution in [2.75, 3.05) is 65.4 Å². The molecule has 5 aliphatic rings. The van der Waals surface area contributed by atoms with Gasteiger partial charge in [0.15, 0.2) is 0 Å². The normalized spacial score (nSPS) is 31.1. The molecular weight excluding hydrogens is 430 g/mol. The lowest BCUT2D eigenvalue weighted by Crippen LogP contribution is -2.62. The number of piperidine rings is 4. The number of urea groups is 1. The summed E-state index contributed by atoms with van der Waals surface area (Å²) >= 11 is 0. The van der Waals surface area contributed by atoms with Crippen LogP contribution >= 0.6 is 0 Å². The zero-order valence-electron chi connectivity index (χ0n) is 21.2. The molecule has 2 bridgehead atoms. The molecule has 5 fully saturated rings. The lowest BCUT2D eigenvalue weighted by Gasteiger charge is -2.53. The molecule has 8 nitrogen and oxygen atoms in total. The summed E-state index contributed by atoms with van der Waals surface area (Å²) in [5, 5.41) is 0. The maximum atomic E-state index is 13.4. The Labute approximate surface area is 204 Å². The summed E-state index contributed by atoms with van der Waals surface area (Å²) < 4.78 is 0. The molecule has 34 heavy (non-hydrogen) atoms. The van der Waals surface area contributed by atoms with E-state index in [4.69, 9.17) is 0 Å². The molecule has 5 saturated heterocycles. The first-order valence-electron chi connectivity index (χ1n) is 13.7. The van der Waals surface area contributed by atoms with Crippen LogP contribution < -0.4 is 0 Å². The van der Waals surface area contributed by atoms with Crippen molar-refractivity contribution in [2.45, 2.75) is 58.4 Å². The van der Waals surface area contributed by atoms with E-state index in [-0.39, 0.29) is 11.9 Å². The number of hydrogen-bond acceptors (Lipinski definition) is 4. The van der Waals surface area contributed by atoms with Crippen molar-refractivity contribution in [1.29, 1.82) is 0 Å². The van der Waals surface area contributed by atoms with Gasteiger partial charge in [0.05, 0.1) is 0 Å². The van der Waals surface area contributed by atoms with E-state index in [1.54, 1.807) is 0 Å². The van der Waals surface area contributed by atoms with E-state index in [2.05, 4.69) is 33.4 Å². The maximum absolute atomic E-state index is 13.4. The van der Waals surface area contributed by atoms with Gasteiger partial charge >= 0.3 is 6.03 Å². The molecule has 3 atom stereocenters. The van der Waals surface area contributed by atoms with Gasteiger partial charge in [0.25, 0.3) is 0 Å². The van der Waals surface area contributed by atoms with Crippen LogP contribution in [0.3, 0.4) is 0 Å². The third kappa shape index (κ3) is 4.93. The largest absolute Gasteiger partial charge is 0.340 e. The van der Waals surface area contributed by atoms with Crippen molar-refractivity contribution in [3.8, 4) is 0 Å². The fraction of sp³-hybridized carbons (Fsp3) is 0.885. The van der Waals surface area contributed by atoms with Gasteiger partial charge in [-0.1, -0.05) is 13.8 Å². The fourth-order valence-corrected chi connectivity index (χ4v) is 7.21. The van der Waals surface area contributed by atoms with Gasteiger partial charge < -0.3 is 19.6 Å². The first-order chi connectivity index (χ1) is 16.4. The van der Waals surface area contributed by atoms with E-state index in [9.17, 15) is 14.4 Å².